The summed E-state index contributed by atoms with van der Waals surface area (Å²) in [5, 5.41) is 3.76. The Hall–Kier alpha value is -2.73. The van der Waals surface area contributed by atoms with Crippen LogP contribution in [-0.2, 0) is 4.74 Å². The van der Waals surface area contributed by atoms with Gasteiger partial charge >= 0.3 is 5.97 Å². The SMILES string of the molecule is COC(=O)c1ccccc1Nc1nc(-c2ccc(C)cc2)ns1. The Morgan fingerprint density at radius 3 is 2.61 bits per heavy atom. The summed E-state index contributed by atoms with van der Waals surface area (Å²) in [6, 6.07) is 15.2. The van der Waals surface area contributed by atoms with Crippen molar-refractivity contribution in [3.05, 3.63) is 59.7 Å². The minimum Gasteiger partial charge on any atom is -0.465 e. The third-order valence-electron chi connectivity index (χ3n) is 3.31. The van der Waals surface area contributed by atoms with Crippen LogP contribution in [0.25, 0.3) is 11.4 Å². The molecule has 1 aromatic heterocycles. The maximum absolute atomic E-state index is 11.8. The first-order valence-corrected chi connectivity index (χ1v) is 7.80. The van der Waals surface area contributed by atoms with Crippen LogP contribution in [0.15, 0.2) is 48.5 Å². The molecule has 0 amide bonds. The lowest BCUT2D eigenvalue weighted by Crippen LogP contribution is -2.05. The molecular formula is C17H15N3O2S. The number of carbonyl (C=O) groups excluding carboxylic acids is 1. The van der Waals surface area contributed by atoms with E-state index in [9.17, 15) is 4.79 Å². The monoisotopic (exact) mass is 325 g/mol. The van der Waals surface area contributed by atoms with Crippen molar-refractivity contribution >= 4 is 28.3 Å². The molecular weight excluding hydrogens is 310 g/mol. The third-order valence-corrected chi connectivity index (χ3v) is 3.94. The van der Waals surface area contributed by atoms with Crippen LogP contribution in [0.3, 0.4) is 0 Å². The number of anilines is 2. The summed E-state index contributed by atoms with van der Waals surface area (Å²) in [4.78, 5) is 16.3. The quantitative estimate of drug-likeness (QED) is 0.733. The Morgan fingerprint density at radius 1 is 1.13 bits per heavy atom. The fourth-order valence-electron chi connectivity index (χ4n) is 2.09. The lowest BCUT2D eigenvalue weighted by Gasteiger charge is -2.07. The Bertz CT molecular complexity index is 828. The highest BCUT2D eigenvalue weighted by atomic mass is 32.1. The predicted octanol–water partition coefficient (Wildman–Crippen LogP) is 4.04. The third kappa shape index (κ3) is 3.37. The van der Waals surface area contributed by atoms with Gasteiger partial charge in [-0.05, 0) is 19.1 Å². The fraction of sp³-hybridized carbons (Fsp3) is 0.118. The van der Waals surface area contributed by atoms with Crippen molar-refractivity contribution in [2.75, 3.05) is 12.4 Å². The fourth-order valence-corrected chi connectivity index (χ4v) is 2.69. The van der Waals surface area contributed by atoms with Gasteiger partial charge in [0.1, 0.15) is 0 Å². The zero-order chi connectivity index (χ0) is 16.2. The zero-order valence-electron chi connectivity index (χ0n) is 12.7. The van der Waals surface area contributed by atoms with Gasteiger partial charge in [0.15, 0.2) is 5.82 Å². The molecule has 1 heterocycles. The van der Waals surface area contributed by atoms with E-state index in [0.717, 1.165) is 5.56 Å². The van der Waals surface area contributed by atoms with E-state index < -0.39 is 5.97 Å². The number of hydrogen-bond acceptors (Lipinski definition) is 6. The highest BCUT2D eigenvalue weighted by Gasteiger charge is 2.13. The molecule has 0 aliphatic heterocycles. The molecule has 0 spiro atoms. The maximum Gasteiger partial charge on any atom is 0.339 e. The topological polar surface area (TPSA) is 64.1 Å². The van der Waals surface area contributed by atoms with Gasteiger partial charge in [0.2, 0.25) is 5.13 Å². The Kier molecular flexibility index (Phi) is 4.34. The molecule has 0 fully saturated rings. The van der Waals surface area contributed by atoms with Gasteiger partial charge in [0.25, 0.3) is 0 Å². The number of benzene rings is 2. The number of methoxy groups -OCH3 is 1. The number of esters is 1. The van der Waals surface area contributed by atoms with E-state index in [-0.39, 0.29) is 0 Å². The Labute approximate surface area is 138 Å². The van der Waals surface area contributed by atoms with Gasteiger partial charge in [0, 0.05) is 17.1 Å². The van der Waals surface area contributed by atoms with Gasteiger partial charge in [-0.1, -0.05) is 42.0 Å². The minimum absolute atomic E-state index is 0.392. The van der Waals surface area contributed by atoms with E-state index >= 15 is 0 Å². The maximum atomic E-state index is 11.8. The number of nitrogens with zero attached hydrogens (tertiary/aromatic N) is 2. The standard InChI is InChI=1S/C17H15N3O2S/c1-11-7-9-12(10-8-11)15-19-17(23-20-15)18-14-6-4-3-5-13(14)16(21)22-2/h3-10H,1-2H3,(H,18,19,20). The van der Waals surface area contributed by atoms with Crippen molar-refractivity contribution in [1.82, 2.24) is 9.36 Å². The van der Waals surface area contributed by atoms with Gasteiger partial charge in [-0.25, -0.2) is 4.79 Å². The van der Waals surface area contributed by atoms with Crippen LogP contribution >= 0.6 is 11.5 Å². The molecule has 6 heteroatoms. The molecule has 23 heavy (non-hydrogen) atoms. The molecule has 0 saturated heterocycles. The molecule has 0 atom stereocenters. The van der Waals surface area contributed by atoms with Crippen LogP contribution in [0.1, 0.15) is 15.9 Å². The van der Waals surface area contributed by atoms with Crippen LogP contribution in [0.4, 0.5) is 10.8 Å². The van der Waals surface area contributed by atoms with Crippen molar-refractivity contribution in [1.29, 1.82) is 0 Å². The lowest BCUT2D eigenvalue weighted by molar-refractivity contribution is 0.0602. The van der Waals surface area contributed by atoms with Crippen LogP contribution < -0.4 is 5.32 Å². The average Bonchev–Trinajstić information content (AvgIpc) is 3.04. The summed E-state index contributed by atoms with van der Waals surface area (Å²) < 4.78 is 9.15. The first-order valence-electron chi connectivity index (χ1n) is 7.02. The second kappa shape index (κ2) is 6.58. The minimum atomic E-state index is -0.392. The number of nitrogens with one attached hydrogen (secondary N) is 1. The molecule has 3 rings (SSSR count). The number of aryl methyl sites for hydroxylation is 1. The number of aromatic nitrogens is 2. The number of carbonyl (C=O) groups is 1. The largest absolute Gasteiger partial charge is 0.465 e. The van der Waals surface area contributed by atoms with Gasteiger partial charge in [-0.15, -0.1) is 0 Å². The summed E-state index contributed by atoms with van der Waals surface area (Å²) >= 11 is 1.25. The molecule has 116 valence electrons. The molecule has 0 aliphatic rings. The van der Waals surface area contributed by atoms with Gasteiger partial charge < -0.3 is 10.1 Å². The summed E-state index contributed by atoms with van der Waals surface area (Å²) in [5.74, 6) is 0.268. The summed E-state index contributed by atoms with van der Waals surface area (Å²) in [5.41, 5.74) is 3.25. The summed E-state index contributed by atoms with van der Waals surface area (Å²) in [7, 11) is 1.36. The number of hydrogen-bond donors (Lipinski definition) is 1. The lowest BCUT2D eigenvalue weighted by atomic mass is 10.1. The van der Waals surface area contributed by atoms with E-state index in [4.69, 9.17) is 4.74 Å². The van der Waals surface area contributed by atoms with E-state index in [1.807, 2.05) is 37.3 Å². The van der Waals surface area contributed by atoms with Crippen molar-refractivity contribution in [2.24, 2.45) is 0 Å². The highest BCUT2D eigenvalue weighted by Crippen LogP contribution is 2.26. The second-order valence-electron chi connectivity index (χ2n) is 4.95. The molecule has 0 bridgehead atoms. The van der Waals surface area contributed by atoms with E-state index in [1.165, 1.54) is 24.2 Å². The number of rotatable bonds is 4. The van der Waals surface area contributed by atoms with E-state index in [0.29, 0.717) is 22.2 Å². The molecule has 0 aliphatic carbocycles. The molecule has 5 nitrogen and oxygen atoms in total. The summed E-state index contributed by atoms with van der Waals surface area (Å²) in [6.07, 6.45) is 0. The van der Waals surface area contributed by atoms with Crippen molar-refractivity contribution in [3.8, 4) is 11.4 Å². The van der Waals surface area contributed by atoms with Gasteiger partial charge in [-0.2, -0.15) is 9.36 Å². The Balaban J connectivity index is 1.85. The van der Waals surface area contributed by atoms with Crippen molar-refractivity contribution < 1.29 is 9.53 Å². The summed E-state index contributed by atoms with van der Waals surface area (Å²) in [6.45, 7) is 2.04. The Morgan fingerprint density at radius 2 is 1.87 bits per heavy atom. The average molecular weight is 325 g/mol. The first kappa shape index (κ1) is 15.2. The first-order chi connectivity index (χ1) is 11.2. The van der Waals surface area contributed by atoms with Crippen LogP contribution in [0.2, 0.25) is 0 Å². The number of ether oxygens (including phenoxy) is 1. The van der Waals surface area contributed by atoms with Crippen LogP contribution in [-0.4, -0.2) is 22.4 Å². The van der Waals surface area contributed by atoms with E-state index in [2.05, 4.69) is 14.7 Å². The highest BCUT2D eigenvalue weighted by molar-refractivity contribution is 7.10. The van der Waals surface area contributed by atoms with E-state index in [1.54, 1.807) is 18.2 Å². The molecule has 1 N–H and O–H groups in total. The molecule has 0 unspecified atom stereocenters. The molecule has 2 aromatic carbocycles. The predicted molar refractivity (Wildman–Crippen MR) is 91.1 cm³/mol. The molecule has 0 radical (unpaired) electrons. The smallest absolute Gasteiger partial charge is 0.339 e. The van der Waals surface area contributed by atoms with Crippen LogP contribution in [0.5, 0.6) is 0 Å². The normalized spacial score (nSPS) is 10.3. The molecule has 3 aromatic rings. The van der Waals surface area contributed by atoms with Gasteiger partial charge in [-0.3, -0.25) is 0 Å². The van der Waals surface area contributed by atoms with Crippen molar-refractivity contribution in [2.45, 2.75) is 6.92 Å². The molecule has 0 saturated carbocycles. The zero-order valence-corrected chi connectivity index (χ0v) is 13.6. The number of para-hydroxylation sites is 1. The second-order valence-corrected chi connectivity index (χ2v) is 5.70. The van der Waals surface area contributed by atoms with Crippen LogP contribution in [0, 0.1) is 6.92 Å². The van der Waals surface area contributed by atoms with Gasteiger partial charge in [0.05, 0.1) is 18.4 Å². The van der Waals surface area contributed by atoms with Crippen molar-refractivity contribution in [3.63, 3.8) is 0 Å².